The monoisotopic (exact) mass is 322 g/mol. The largest absolute Gasteiger partial charge is 0.484 e. The molecule has 1 aliphatic rings. The van der Waals surface area contributed by atoms with Gasteiger partial charge in [0.25, 0.3) is 5.82 Å². The molecular weight excluding hydrogens is 294 g/mol. The molecule has 0 N–H and O–H groups in total. The lowest BCUT2D eigenvalue weighted by Crippen LogP contribution is -2.55. The maximum absolute atomic E-state index is 12.1. The van der Waals surface area contributed by atoms with Crippen LogP contribution in [0, 0.1) is 0 Å². The first kappa shape index (κ1) is 17.5. The summed E-state index contributed by atoms with van der Waals surface area (Å²) in [5, 5.41) is 0. The topological polar surface area (TPSA) is 51.7 Å². The lowest BCUT2D eigenvalue weighted by molar-refractivity contribution is -0.0142. The summed E-state index contributed by atoms with van der Waals surface area (Å²) in [6.45, 7) is 6.80. The fourth-order valence-electron chi connectivity index (χ4n) is 2.36. The zero-order valence-corrected chi connectivity index (χ0v) is 15.0. The predicted molar refractivity (Wildman–Crippen MR) is 90.6 cm³/mol. The molecule has 1 amide bonds. The molecule has 2 rings (SSSR count). The van der Waals surface area contributed by atoms with Crippen LogP contribution >= 0.6 is 0 Å². The van der Waals surface area contributed by atoms with Crippen LogP contribution in [0.4, 0.5) is 10.6 Å². The first-order chi connectivity index (χ1) is 10.6. The molecule has 2 heterocycles. The van der Waals surface area contributed by atoms with Crippen LogP contribution in [0.1, 0.15) is 27.2 Å². The van der Waals surface area contributed by atoms with Gasteiger partial charge < -0.3 is 14.4 Å². The van der Waals surface area contributed by atoms with Crippen LogP contribution in [-0.4, -0.2) is 61.9 Å². The van der Waals surface area contributed by atoms with Crippen molar-refractivity contribution in [2.24, 2.45) is 0 Å². The van der Waals surface area contributed by atoms with Gasteiger partial charge in [-0.15, -0.1) is 0 Å². The lowest BCUT2D eigenvalue weighted by Gasteiger charge is -2.41. The van der Waals surface area contributed by atoms with Crippen molar-refractivity contribution in [2.75, 3.05) is 34.3 Å². The first-order valence-electron chi connectivity index (χ1n) is 7.97. The Balaban J connectivity index is 1.96. The van der Waals surface area contributed by atoms with E-state index in [1.54, 1.807) is 11.1 Å². The van der Waals surface area contributed by atoms with Gasteiger partial charge in [-0.2, -0.15) is 0 Å². The second kappa shape index (κ2) is 6.35. The Bertz CT molecular complexity index is 561. The standard InChI is InChI=1S/C17H28N3O3/c1-17(2,3)23-16(21)19-11-9-13(19)12-22-14-8-7-10-18-15(14)20(4,5)6/h7-8,10,13H,9,11-12H2,1-6H3/q+1. The fourth-order valence-corrected chi connectivity index (χ4v) is 2.36. The van der Waals surface area contributed by atoms with Gasteiger partial charge in [0.2, 0.25) is 5.75 Å². The van der Waals surface area contributed by atoms with Gasteiger partial charge in [0.15, 0.2) is 0 Å². The van der Waals surface area contributed by atoms with Gasteiger partial charge in [-0.05, 0) is 39.3 Å². The average Bonchev–Trinajstić information content (AvgIpc) is 2.34. The molecule has 0 aliphatic carbocycles. The summed E-state index contributed by atoms with van der Waals surface area (Å²) < 4.78 is 11.9. The van der Waals surface area contributed by atoms with Gasteiger partial charge in [-0.3, -0.25) is 4.48 Å². The number of quaternary nitrogens is 1. The molecule has 23 heavy (non-hydrogen) atoms. The summed E-state index contributed by atoms with van der Waals surface area (Å²) >= 11 is 0. The van der Waals surface area contributed by atoms with Crippen LogP contribution < -0.4 is 9.22 Å². The highest BCUT2D eigenvalue weighted by molar-refractivity contribution is 5.69. The molecule has 6 heteroatoms. The molecule has 1 fully saturated rings. The Morgan fingerprint density at radius 1 is 1.39 bits per heavy atom. The molecule has 1 aliphatic heterocycles. The van der Waals surface area contributed by atoms with E-state index in [4.69, 9.17) is 9.47 Å². The Morgan fingerprint density at radius 2 is 2.09 bits per heavy atom. The quantitative estimate of drug-likeness (QED) is 0.800. The van der Waals surface area contributed by atoms with Crippen molar-refractivity contribution in [3.8, 4) is 5.75 Å². The minimum atomic E-state index is -0.474. The third-order valence-electron chi connectivity index (χ3n) is 3.59. The molecule has 1 atom stereocenters. The molecular formula is C17H28N3O3+. The smallest absolute Gasteiger partial charge is 0.410 e. The van der Waals surface area contributed by atoms with Crippen molar-refractivity contribution in [1.29, 1.82) is 0 Å². The number of pyridine rings is 1. The summed E-state index contributed by atoms with van der Waals surface area (Å²) in [4.78, 5) is 18.3. The van der Waals surface area contributed by atoms with Crippen LogP contribution in [0.3, 0.4) is 0 Å². The van der Waals surface area contributed by atoms with Gasteiger partial charge in [0, 0.05) is 12.7 Å². The molecule has 0 bridgehead atoms. The number of hydrogen-bond acceptors (Lipinski definition) is 4. The van der Waals surface area contributed by atoms with Crippen molar-refractivity contribution in [3.05, 3.63) is 18.3 Å². The third-order valence-corrected chi connectivity index (χ3v) is 3.59. The number of carbonyl (C=O) groups excluding carboxylic acids is 1. The second-order valence-electron chi connectivity index (χ2n) is 7.76. The second-order valence-corrected chi connectivity index (χ2v) is 7.76. The molecule has 1 aromatic heterocycles. The number of likely N-dealkylation sites (tertiary alicyclic amines) is 1. The predicted octanol–water partition coefficient (Wildman–Crippen LogP) is 2.67. The number of nitrogens with zero attached hydrogens (tertiary/aromatic N) is 3. The van der Waals surface area contributed by atoms with Crippen molar-refractivity contribution in [2.45, 2.75) is 38.8 Å². The number of rotatable bonds is 4. The Kier molecular flexibility index (Phi) is 4.84. The van der Waals surface area contributed by atoms with Crippen LogP contribution in [0.15, 0.2) is 18.3 Å². The maximum atomic E-state index is 12.1. The van der Waals surface area contributed by atoms with Gasteiger partial charge in [0.1, 0.15) is 12.2 Å². The van der Waals surface area contributed by atoms with E-state index in [-0.39, 0.29) is 12.1 Å². The number of amides is 1. The summed E-state index contributed by atoms with van der Waals surface area (Å²) in [7, 11) is 6.14. The van der Waals surface area contributed by atoms with Gasteiger partial charge >= 0.3 is 6.09 Å². The normalized spacial score (nSPS) is 18.3. The van der Waals surface area contributed by atoms with E-state index in [1.807, 2.05) is 54.0 Å². The van der Waals surface area contributed by atoms with Gasteiger partial charge in [-0.25, -0.2) is 9.78 Å². The molecule has 1 aromatic rings. The molecule has 1 unspecified atom stereocenters. The Labute approximate surface area is 138 Å². The van der Waals surface area contributed by atoms with Gasteiger partial charge in [-0.1, -0.05) is 0 Å². The van der Waals surface area contributed by atoms with E-state index in [0.717, 1.165) is 24.5 Å². The van der Waals surface area contributed by atoms with E-state index >= 15 is 0 Å². The van der Waals surface area contributed by atoms with Crippen molar-refractivity contribution < 1.29 is 14.3 Å². The van der Waals surface area contributed by atoms with E-state index < -0.39 is 5.60 Å². The molecule has 6 nitrogen and oxygen atoms in total. The number of carbonyl (C=O) groups is 1. The molecule has 1 saturated heterocycles. The summed E-state index contributed by atoms with van der Waals surface area (Å²) in [6.07, 6.45) is 2.43. The van der Waals surface area contributed by atoms with Crippen molar-refractivity contribution in [1.82, 2.24) is 14.4 Å². The van der Waals surface area contributed by atoms with Gasteiger partial charge in [0.05, 0.1) is 27.2 Å². The molecule has 0 saturated carbocycles. The fraction of sp³-hybridized carbons (Fsp3) is 0.647. The maximum Gasteiger partial charge on any atom is 0.410 e. The van der Waals surface area contributed by atoms with Crippen LogP contribution in [0.2, 0.25) is 0 Å². The highest BCUT2D eigenvalue weighted by Crippen LogP contribution is 2.28. The zero-order chi connectivity index (χ0) is 17.3. The van der Waals surface area contributed by atoms with Crippen LogP contribution in [0.25, 0.3) is 0 Å². The van der Waals surface area contributed by atoms with E-state index in [9.17, 15) is 4.79 Å². The van der Waals surface area contributed by atoms with Crippen molar-refractivity contribution in [3.63, 3.8) is 0 Å². The minimum Gasteiger partial charge on any atom is -0.484 e. The molecule has 0 spiro atoms. The van der Waals surface area contributed by atoms with E-state index in [0.29, 0.717) is 11.1 Å². The Hall–Kier alpha value is -1.82. The number of hydrogen-bond donors (Lipinski definition) is 0. The van der Waals surface area contributed by atoms with Crippen LogP contribution in [-0.2, 0) is 4.74 Å². The molecule has 0 aromatic carbocycles. The summed E-state index contributed by atoms with van der Waals surface area (Å²) in [5.41, 5.74) is -0.474. The number of ether oxygens (including phenoxy) is 2. The molecule has 0 radical (unpaired) electrons. The third kappa shape index (κ3) is 4.58. The highest BCUT2D eigenvalue weighted by Gasteiger charge is 2.36. The van der Waals surface area contributed by atoms with Crippen LogP contribution in [0.5, 0.6) is 5.75 Å². The zero-order valence-electron chi connectivity index (χ0n) is 15.0. The molecule has 128 valence electrons. The highest BCUT2D eigenvalue weighted by atomic mass is 16.6. The van der Waals surface area contributed by atoms with E-state index in [2.05, 4.69) is 4.98 Å². The average molecular weight is 322 g/mol. The summed E-state index contributed by atoms with van der Waals surface area (Å²) in [6, 6.07) is 3.84. The lowest BCUT2D eigenvalue weighted by atomic mass is 10.1. The first-order valence-corrected chi connectivity index (χ1v) is 7.97. The summed E-state index contributed by atoms with van der Waals surface area (Å²) in [5.74, 6) is 1.63. The van der Waals surface area contributed by atoms with Crippen molar-refractivity contribution >= 4 is 11.9 Å². The SMILES string of the molecule is CC(C)(C)OC(=O)N1CCC1COc1cccnc1[N+](C)(C)C. The van der Waals surface area contributed by atoms with E-state index in [1.165, 1.54) is 0 Å². The minimum absolute atomic E-state index is 0.0605. The number of aromatic nitrogens is 1. The Morgan fingerprint density at radius 3 is 2.61 bits per heavy atom.